The molecule has 2 saturated carbocycles. The van der Waals surface area contributed by atoms with Gasteiger partial charge in [-0.2, -0.15) is 0 Å². The van der Waals surface area contributed by atoms with Crippen molar-refractivity contribution in [3.05, 3.63) is 47.2 Å². The Morgan fingerprint density at radius 1 is 1.02 bits per heavy atom. The van der Waals surface area contributed by atoms with Gasteiger partial charge in [-0.1, -0.05) is 39.0 Å². The Morgan fingerprint density at radius 2 is 1.67 bits per heavy atom. The Morgan fingerprint density at radius 3 is 2.21 bits per heavy atom. The van der Waals surface area contributed by atoms with Crippen LogP contribution in [-0.4, -0.2) is 81.2 Å². The summed E-state index contributed by atoms with van der Waals surface area (Å²) in [5.41, 5.74) is -6.73. The molecule has 11 heteroatoms. The number of carbonyl (C=O) groups is 4. The van der Waals surface area contributed by atoms with Crippen LogP contribution in [0.1, 0.15) is 64.7 Å². The lowest BCUT2D eigenvalue weighted by molar-refractivity contribution is -0.345. The van der Waals surface area contributed by atoms with E-state index in [-0.39, 0.29) is 30.6 Å². The third-order valence-corrected chi connectivity index (χ3v) is 10.2. The van der Waals surface area contributed by atoms with Crippen LogP contribution >= 0.6 is 0 Å². The molecule has 1 aromatic rings. The van der Waals surface area contributed by atoms with E-state index in [1.807, 2.05) is 0 Å². The number of Topliss-reactive ketones (excluding diaryl/α,β-unsaturated/α-hetero) is 1. The van der Waals surface area contributed by atoms with Crippen molar-refractivity contribution in [2.75, 3.05) is 6.61 Å². The zero-order valence-electron chi connectivity index (χ0n) is 24.6. The summed E-state index contributed by atoms with van der Waals surface area (Å²) in [6, 6.07) is 8.05. The minimum absolute atomic E-state index is 0.117. The fraction of sp³-hybridized carbons (Fsp3) is 0.613. The zero-order valence-corrected chi connectivity index (χ0v) is 24.6. The first-order chi connectivity index (χ1) is 19.5. The minimum Gasteiger partial charge on any atom is -0.455 e. The number of rotatable bonds is 4. The second-order valence-corrected chi connectivity index (χ2v) is 12.8. The molecule has 1 heterocycles. The third kappa shape index (κ3) is 4.08. The molecule has 1 saturated heterocycles. The number of aliphatic hydroxyl groups is 3. The molecule has 0 amide bonds. The summed E-state index contributed by atoms with van der Waals surface area (Å²) in [5.74, 6) is -5.67. The quantitative estimate of drug-likeness (QED) is 0.348. The smallest absolute Gasteiger partial charge is 0.338 e. The normalized spacial score (nSPS) is 40.4. The van der Waals surface area contributed by atoms with Crippen LogP contribution in [0, 0.1) is 22.7 Å². The number of hydrogen-bond donors (Lipinski definition) is 3. The fourth-order valence-electron chi connectivity index (χ4n) is 7.89. The molecule has 228 valence electrons. The van der Waals surface area contributed by atoms with E-state index in [2.05, 4.69) is 0 Å². The first-order valence-electron chi connectivity index (χ1n) is 14.2. The topological polar surface area (TPSA) is 166 Å². The summed E-state index contributed by atoms with van der Waals surface area (Å²) in [5, 5.41) is 35.8. The van der Waals surface area contributed by atoms with E-state index in [4.69, 9.17) is 18.9 Å². The molecule has 0 spiro atoms. The lowest BCUT2D eigenvalue weighted by Crippen LogP contribution is -2.81. The molecule has 42 heavy (non-hydrogen) atoms. The monoisotopic (exact) mass is 586 g/mol. The largest absolute Gasteiger partial charge is 0.455 e. The predicted octanol–water partition coefficient (Wildman–Crippen LogP) is 1.86. The summed E-state index contributed by atoms with van der Waals surface area (Å²) in [4.78, 5) is 53.4. The van der Waals surface area contributed by atoms with E-state index in [1.165, 1.54) is 26.0 Å². The van der Waals surface area contributed by atoms with Gasteiger partial charge in [0.1, 0.15) is 17.8 Å². The Bertz CT molecular complexity index is 1350. The Balaban J connectivity index is 1.86. The first kappa shape index (κ1) is 30.3. The molecular formula is C31H38O11. The van der Waals surface area contributed by atoms with Gasteiger partial charge in [0, 0.05) is 38.0 Å². The molecule has 0 radical (unpaired) electrons. The predicted molar refractivity (Wildman–Crippen MR) is 144 cm³/mol. The Hall–Kier alpha value is -3.12. The molecule has 3 N–H and O–H groups in total. The van der Waals surface area contributed by atoms with Crippen LogP contribution in [0.5, 0.6) is 0 Å². The zero-order chi connectivity index (χ0) is 31.0. The maximum Gasteiger partial charge on any atom is 0.338 e. The van der Waals surface area contributed by atoms with Crippen LogP contribution in [0.25, 0.3) is 0 Å². The minimum atomic E-state index is -2.11. The van der Waals surface area contributed by atoms with Crippen molar-refractivity contribution < 1.29 is 53.4 Å². The number of fused-ring (bicyclic) bond motifs is 5. The van der Waals surface area contributed by atoms with Crippen LogP contribution in [0.2, 0.25) is 0 Å². The number of ether oxygens (including phenoxy) is 4. The maximum absolute atomic E-state index is 14.8. The number of benzene rings is 1. The van der Waals surface area contributed by atoms with Crippen LogP contribution in [0.4, 0.5) is 0 Å². The van der Waals surface area contributed by atoms with Crippen molar-refractivity contribution >= 4 is 23.7 Å². The fourth-order valence-corrected chi connectivity index (χ4v) is 7.89. The van der Waals surface area contributed by atoms with Crippen molar-refractivity contribution in [3.63, 3.8) is 0 Å². The van der Waals surface area contributed by atoms with Gasteiger partial charge in [0.2, 0.25) is 5.78 Å². The second-order valence-electron chi connectivity index (χ2n) is 12.8. The van der Waals surface area contributed by atoms with E-state index in [0.717, 1.165) is 6.92 Å². The van der Waals surface area contributed by atoms with Crippen molar-refractivity contribution in [2.45, 2.75) is 90.0 Å². The number of allylic oxidation sites excluding steroid dienone is 1. The third-order valence-electron chi connectivity index (χ3n) is 10.2. The van der Waals surface area contributed by atoms with Gasteiger partial charge >= 0.3 is 17.9 Å². The first-order valence-corrected chi connectivity index (χ1v) is 14.2. The molecule has 3 aliphatic carbocycles. The van der Waals surface area contributed by atoms with Crippen LogP contribution in [-0.2, 0) is 33.3 Å². The van der Waals surface area contributed by atoms with Crippen molar-refractivity contribution in [1.29, 1.82) is 0 Å². The number of hydrogen-bond acceptors (Lipinski definition) is 11. The highest BCUT2D eigenvalue weighted by atomic mass is 16.6. The van der Waals surface area contributed by atoms with Gasteiger partial charge in [-0.3, -0.25) is 14.4 Å². The number of carbonyl (C=O) groups excluding carboxylic acids is 4. The van der Waals surface area contributed by atoms with Gasteiger partial charge in [0.25, 0.3) is 0 Å². The summed E-state index contributed by atoms with van der Waals surface area (Å²) in [6.45, 7) is 8.45. The highest BCUT2D eigenvalue weighted by Crippen LogP contribution is 2.64. The summed E-state index contributed by atoms with van der Waals surface area (Å²) < 4.78 is 23.4. The highest BCUT2D eigenvalue weighted by molar-refractivity contribution is 6.02. The molecule has 5 rings (SSSR count). The van der Waals surface area contributed by atoms with Gasteiger partial charge < -0.3 is 34.3 Å². The van der Waals surface area contributed by atoms with Crippen LogP contribution in [0.15, 0.2) is 41.7 Å². The Labute approximate surface area is 243 Å². The van der Waals surface area contributed by atoms with E-state index < -0.39 is 87.7 Å². The van der Waals surface area contributed by atoms with Gasteiger partial charge in [0.15, 0.2) is 11.4 Å². The van der Waals surface area contributed by atoms with Gasteiger partial charge in [-0.25, -0.2) is 4.79 Å². The average Bonchev–Trinajstić information content (AvgIpc) is 2.90. The van der Waals surface area contributed by atoms with Gasteiger partial charge in [-0.05, 0) is 24.6 Å². The SMILES string of the molecule is CC(=O)OC1=C2C(C)C(O)CC(O)(C(OC(=O)c3ccccc3)C3C4(OC(C)=O)COC4CC(O)C3(C)C1=O)C2(C)C. The Kier molecular flexibility index (Phi) is 7.20. The van der Waals surface area contributed by atoms with Gasteiger partial charge in [-0.15, -0.1) is 0 Å². The summed E-state index contributed by atoms with van der Waals surface area (Å²) in [7, 11) is 0. The van der Waals surface area contributed by atoms with E-state index in [1.54, 1.807) is 39.0 Å². The van der Waals surface area contributed by atoms with E-state index in [9.17, 15) is 34.5 Å². The molecule has 2 bridgehead atoms. The average molecular weight is 587 g/mol. The molecular weight excluding hydrogens is 548 g/mol. The van der Waals surface area contributed by atoms with Crippen LogP contribution in [0.3, 0.4) is 0 Å². The van der Waals surface area contributed by atoms with Crippen molar-refractivity contribution in [2.24, 2.45) is 22.7 Å². The number of esters is 3. The standard InChI is InChI=1S/C31H38O11/c1-15-19(34)13-31(38)26(41-27(37)18-10-8-7-9-11-18)24-29(6,20(35)12-21-30(24,14-39-21)42-17(3)33)25(36)23(40-16(2)32)22(15)28(31,4)5/h7-11,15,19-21,24,26,34-35,38H,12-14H2,1-6H3. The maximum atomic E-state index is 14.8. The van der Waals surface area contributed by atoms with Crippen LogP contribution < -0.4 is 0 Å². The molecule has 1 aromatic carbocycles. The van der Waals surface area contributed by atoms with E-state index in [0.29, 0.717) is 0 Å². The molecule has 0 aromatic heterocycles. The van der Waals surface area contributed by atoms with Gasteiger partial charge in [0.05, 0.1) is 35.7 Å². The molecule has 9 unspecified atom stereocenters. The number of ketones is 1. The lowest BCUT2D eigenvalue weighted by atomic mass is 9.45. The molecule has 4 aliphatic rings. The van der Waals surface area contributed by atoms with Crippen molar-refractivity contribution in [1.82, 2.24) is 0 Å². The summed E-state index contributed by atoms with van der Waals surface area (Å²) in [6.07, 6.45) is -5.61. The van der Waals surface area contributed by atoms with E-state index >= 15 is 0 Å². The summed E-state index contributed by atoms with van der Waals surface area (Å²) >= 11 is 0. The molecule has 3 fully saturated rings. The highest BCUT2D eigenvalue weighted by Gasteiger charge is 2.77. The molecule has 1 aliphatic heterocycles. The number of aliphatic hydroxyl groups excluding tert-OH is 2. The molecule has 11 nitrogen and oxygen atoms in total. The van der Waals surface area contributed by atoms with Crippen molar-refractivity contribution in [3.8, 4) is 0 Å². The second kappa shape index (κ2) is 9.97. The molecule has 9 atom stereocenters. The lowest BCUT2D eigenvalue weighted by Gasteiger charge is -2.67.